The van der Waals surface area contributed by atoms with Gasteiger partial charge in [-0.05, 0) is 44.5 Å². The van der Waals surface area contributed by atoms with Gasteiger partial charge in [0, 0.05) is 12.0 Å². The van der Waals surface area contributed by atoms with E-state index < -0.39 is 0 Å². The Morgan fingerprint density at radius 1 is 1.30 bits per heavy atom. The molecule has 0 bridgehead atoms. The standard InChI is InChI=1S/C16H23ClN2O/c1-12-6-7-14(13(17)10-12)19-15(20)11-16(18-2)8-4-3-5-9-16/h6-7,10,18H,3-5,8-9,11H2,1-2H3,(H,19,20). The van der Waals surface area contributed by atoms with Gasteiger partial charge in [-0.1, -0.05) is 36.9 Å². The quantitative estimate of drug-likeness (QED) is 0.884. The first-order valence-corrected chi connectivity index (χ1v) is 7.67. The molecule has 2 N–H and O–H groups in total. The Hall–Kier alpha value is -1.06. The van der Waals surface area contributed by atoms with Crippen LogP contribution < -0.4 is 10.6 Å². The molecule has 0 unspecified atom stereocenters. The average molecular weight is 295 g/mol. The minimum Gasteiger partial charge on any atom is -0.325 e. The lowest BCUT2D eigenvalue weighted by Crippen LogP contribution is -2.47. The summed E-state index contributed by atoms with van der Waals surface area (Å²) in [6.07, 6.45) is 6.30. The lowest BCUT2D eigenvalue weighted by atomic mass is 9.79. The minimum absolute atomic E-state index is 0.0343. The molecule has 4 heteroatoms. The molecule has 20 heavy (non-hydrogen) atoms. The smallest absolute Gasteiger partial charge is 0.226 e. The van der Waals surface area contributed by atoms with Crippen molar-refractivity contribution in [2.75, 3.05) is 12.4 Å². The number of carbonyl (C=O) groups is 1. The fourth-order valence-electron chi connectivity index (χ4n) is 2.97. The van der Waals surface area contributed by atoms with Crippen LogP contribution in [0.2, 0.25) is 5.02 Å². The van der Waals surface area contributed by atoms with Crippen LogP contribution in [0.5, 0.6) is 0 Å². The molecule has 110 valence electrons. The van der Waals surface area contributed by atoms with Crippen molar-refractivity contribution in [3.8, 4) is 0 Å². The van der Waals surface area contributed by atoms with Gasteiger partial charge in [-0.25, -0.2) is 0 Å². The van der Waals surface area contributed by atoms with Crippen LogP contribution in [0.1, 0.15) is 44.1 Å². The molecule has 2 rings (SSSR count). The summed E-state index contributed by atoms with van der Waals surface area (Å²) in [5.41, 5.74) is 1.75. The van der Waals surface area contributed by atoms with Gasteiger partial charge in [-0.3, -0.25) is 4.79 Å². The fraction of sp³-hybridized carbons (Fsp3) is 0.562. The van der Waals surface area contributed by atoms with Gasteiger partial charge in [0.15, 0.2) is 0 Å². The van der Waals surface area contributed by atoms with E-state index in [1.54, 1.807) is 0 Å². The number of rotatable bonds is 4. The van der Waals surface area contributed by atoms with Crippen molar-refractivity contribution in [2.24, 2.45) is 0 Å². The largest absolute Gasteiger partial charge is 0.325 e. The van der Waals surface area contributed by atoms with Crippen LogP contribution in [0.25, 0.3) is 0 Å². The van der Waals surface area contributed by atoms with Crippen LogP contribution in [0.15, 0.2) is 18.2 Å². The summed E-state index contributed by atoms with van der Waals surface area (Å²) in [5.74, 6) is 0.0343. The predicted molar refractivity (Wildman–Crippen MR) is 84.3 cm³/mol. The van der Waals surface area contributed by atoms with E-state index in [2.05, 4.69) is 10.6 Å². The predicted octanol–water partition coefficient (Wildman–Crippen LogP) is 3.90. The fourth-order valence-corrected chi connectivity index (χ4v) is 3.25. The van der Waals surface area contributed by atoms with Crippen LogP contribution in [-0.2, 0) is 4.79 Å². The maximum Gasteiger partial charge on any atom is 0.226 e. The van der Waals surface area contributed by atoms with Crippen LogP contribution in [0, 0.1) is 6.92 Å². The highest BCUT2D eigenvalue weighted by atomic mass is 35.5. The maximum atomic E-state index is 12.3. The van der Waals surface area contributed by atoms with E-state index in [-0.39, 0.29) is 11.4 Å². The highest BCUT2D eigenvalue weighted by Crippen LogP contribution is 2.31. The molecule has 0 radical (unpaired) electrons. The Labute approximate surface area is 126 Å². The van der Waals surface area contributed by atoms with Crippen LogP contribution in [0.3, 0.4) is 0 Å². The highest BCUT2D eigenvalue weighted by molar-refractivity contribution is 6.33. The summed E-state index contributed by atoms with van der Waals surface area (Å²) in [6.45, 7) is 1.98. The van der Waals surface area contributed by atoms with Gasteiger partial charge in [0.2, 0.25) is 5.91 Å². The highest BCUT2D eigenvalue weighted by Gasteiger charge is 2.32. The van der Waals surface area contributed by atoms with Gasteiger partial charge in [-0.15, -0.1) is 0 Å². The third-order valence-corrected chi connectivity index (χ3v) is 4.55. The Kier molecular flexibility index (Phi) is 5.06. The lowest BCUT2D eigenvalue weighted by Gasteiger charge is -2.36. The summed E-state index contributed by atoms with van der Waals surface area (Å²) >= 11 is 6.15. The number of amides is 1. The second-order valence-corrected chi connectivity index (χ2v) is 6.21. The van der Waals surface area contributed by atoms with Crippen LogP contribution >= 0.6 is 11.6 Å². The molecular formula is C16H23ClN2O. The number of aryl methyl sites for hydroxylation is 1. The first-order valence-electron chi connectivity index (χ1n) is 7.30. The summed E-state index contributed by atoms with van der Waals surface area (Å²) < 4.78 is 0. The topological polar surface area (TPSA) is 41.1 Å². The molecule has 1 fully saturated rings. The average Bonchev–Trinajstić information content (AvgIpc) is 2.43. The van der Waals surface area contributed by atoms with Gasteiger partial charge in [0.25, 0.3) is 0 Å². The van der Waals surface area contributed by atoms with Crippen molar-refractivity contribution < 1.29 is 4.79 Å². The van der Waals surface area contributed by atoms with Gasteiger partial charge < -0.3 is 10.6 Å². The molecule has 0 atom stereocenters. The van der Waals surface area contributed by atoms with Gasteiger partial charge in [0.1, 0.15) is 0 Å². The second kappa shape index (κ2) is 6.59. The Balaban J connectivity index is 2.00. The molecule has 1 aromatic rings. The number of benzene rings is 1. The molecule has 0 aromatic heterocycles. The van der Waals surface area contributed by atoms with Gasteiger partial charge in [0.05, 0.1) is 10.7 Å². The van der Waals surface area contributed by atoms with Gasteiger partial charge >= 0.3 is 0 Å². The number of nitrogens with one attached hydrogen (secondary N) is 2. The van der Waals surface area contributed by atoms with Crippen molar-refractivity contribution in [1.82, 2.24) is 5.32 Å². The molecule has 1 aromatic carbocycles. The van der Waals surface area contributed by atoms with Crippen molar-refractivity contribution in [1.29, 1.82) is 0 Å². The van der Waals surface area contributed by atoms with E-state index >= 15 is 0 Å². The molecule has 0 aliphatic heterocycles. The summed E-state index contributed by atoms with van der Waals surface area (Å²) in [7, 11) is 1.96. The number of hydrogen-bond acceptors (Lipinski definition) is 2. The van der Waals surface area contributed by atoms with E-state index in [1.807, 2.05) is 32.2 Å². The first-order chi connectivity index (χ1) is 9.54. The molecular weight excluding hydrogens is 272 g/mol. The minimum atomic E-state index is -0.0422. The Morgan fingerprint density at radius 2 is 2.00 bits per heavy atom. The third kappa shape index (κ3) is 3.74. The number of anilines is 1. The van der Waals surface area contributed by atoms with Gasteiger partial charge in [-0.2, -0.15) is 0 Å². The number of carbonyl (C=O) groups excluding carboxylic acids is 1. The zero-order valence-corrected chi connectivity index (χ0v) is 13.0. The monoisotopic (exact) mass is 294 g/mol. The zero-order chi connectivity index (χ0) is 14.6. The van der Waals surface area contributed by atoms with Crippen LogP contribution in [-0.4, -0.2) is 18.5 Å². The normalized spacial score (nSPS) is 17.8. The zero-order valence-electron chi connectivity index (χ0n) is 12.3. The number of halogens is 1. The summed E-state index contributed by atoms with van der Waals surface area (Å²) in [6, 6.07) is 5.68. The van der Waals surface area contributed by atoms with E-state index in [0.29, 0.717) is 17.1 Å². The van der Waals surface area contributed by atoms with Crippen molar-refractivity contribution >= 4 is 23.2 Å². The van der Waals surface area contributed by atoms with Crippen LogP contribution in [0.4, 0.5) is 5.69 Å². The lowest BCUT2D eigenvalue weighted by molar-refractivity contribution is -0.117. The number of hydrogen-bond donors (Lipinski definition) is 2. The third-order valence-electron chi connectivity index (χ3n) is 4.24. The summed E-state index contributed by atoms with van der Waals surface area (Å²) in [5, 5.41) is 6.89. The molecule has 3 nitrogen and oxygen atoms in total. The first kappa shape index (κ1) is 15.3. The van der Waals surface area contributed by atoms with Crippen molar-refractivity contribution in [3.63, 3.8) is 0 Å². The molecule has 0 saturated heterocycles. The van der Waals surface area contributed by atoms with Crippen molar-refractivity contribution in [3.05, 3.63) is 28.8 Å². The molecule has 0 heterocycles. The Morgan fingerprint density at radius 3 is 2.60 bits per heavy atom. The molecule has 0 spiro atoms. The van der Waals surface area contributed by atoms with E-state index in [1.165, 1.54) is 19.3 Å². The van der Waals surface area contributed by atoms with E-state index in [4.69, 9.17) is 11.6 Å². The van der Waals surface area contributed by atoms with Crippen molar-refractivity contribution in [2.45, 2.75) is 51.0 Å². The molecule has 1 aliphatic rings. The molecule has 1 aliphatic carbocycles. The Bertz CT molecular complexity index is 481. The second-order valence-electron chi connectivity index (χ2n) is 5.80. The van der Waals surface area contributed by atoms with E-state index in [9.17, 15) is 4.79 Å². The SMILES string of the molecule is CNC1(CC(=O)Nc2ccc(C)cc2Cl)CCCCC1. The maximum absolute atomic E-state index is 12.3. The van der Waals surface area contributed by atoms with E-state index in [0.717, 1.165) is 18.4 Å². The molecule has 1 saturated carbocycles. The summed E-state index contributed by atoms with van der Waals surface area (Å²) in [4.78, 5) is 12.3. The molecule has 1 amide bonds.